The van der Waals surface area contributed by atoms with Crippen LogP contribution in [0.3, 0.4) is 0 Å². The number of rotatable bonds is 12. The number of amides is 2. The van der Waals surface area contributed by atoms with Gasteiger partial charge in [-0.3, -0.25) is 14.4 Å². The Kier molecular flexibility index (Phi) is 8.43. The summed E-state index contributed by atoms with van der Waals surface area (Å²) >= 11 is 1.60. The summed E-state index contributed by atoms with van der Waals surface area (Å²) in [6, 6.07) is 17.9. The summed E-state index contributed by atoms with van der Waals surface area (Å²) in [5, 5.41) is 10.7. The molecule has 0 radical (unpaired) electrons. The van der Waals surface area contributed by atoms with Gasteiger partial charge in [0.05, 0.1) is 29.2 Å². The predicted octanol–water partition coefficient (Wildman–Crippen LogP) is 4.02. The zero-order valence-electron chi connectivity index (χ0n) is 23.5. The Morgan fingerprint density at radius 3 is 2.37 bits per heavy atom. The van der Waals surface area contributed by atoms with Crippen LogP contribution in [0.4, 0.5) is 0 Å². The Labute approximate surface area is 246 Å². The van der Waals surface area contributed by atoms with Gasteiger partial charge in [-0.2, -0.15) is 0 Å². The lowest BCUT2D eigenvalue weighted by atomic mass is 9.66. The van der Waals surface area contributed by atoms with Crippen molar-refractivity contribution in [3.8, 4) is 0 Å². The van der Waals surface area contributed by atoms with E-state index in [4.69, 9.17) is 4.74 Å². The zero-order valence-corrected chi connectivity index (χ0v) is 24.3. The molecule has 1 N–H and O–H groups in total. The van der Waals surface area contributed by atoms with Gasteiger partial charge in [-0.05, 0) is 37.3 Å². The maximum Gasteiger partial charge on any atom is 0.311 e. The van der Waals surface area contributed by atoms with Crippen molar-refractivity contribution < 1.29 is 24.2 Å². The van der Waals surface area contributed by atoms with Crippen LogP contribution in [0.15, 0.2) is 86.0 Å². The summed E-state index contributed by atoms with van der Waals surface area (Å²) in [5.41, 5.74) is 1.93. The van der Waals surface area contributed by atoms with E-state index in [1.54, 1.807) is 27.6 Å². The average molecular weight is 575 g/mol. The molecule has 3 aliphatic heterocycles. The molecule has 6 atom stereocenters. The normalized spacial score (nSPS) is 28.7. The molecular weight excluding hydrogens is 536 g/mol. The molecule has 2 unspecified atom stereocenters. The predicted molar refractivity (Wildman–Crippen MR) is 160 cm³/mol. The summed E-state index contributed by atoms with van der Waals surface area (Å²) < 4.78 is 4.19. The minimum Gasteiger partial charge on any atom is -0.461 e. The highest BCUT2D eigenvalue weighted by molar-refractivity contribution is 8.02. The van der Waals surface area contributed by atoms with Crippen LogP contribution in [-0.4, -0.2) is 74.0 Å². The Hall–Kier alpha value is -3.36. The van der Waals surface area contributed by atoms with Crippen LogP contribution in [0.2, 0.25) is 0 Å². The van der Waals surface area contributed by atoms with Gasteiger partial charge in [0.1, 0.15) is 12.6 Å². The number of hydrogen-bond acceptors (Lipinski definition) is 6. The van der Waals surface area contributed by atoms with Gasteiger partial charge in [0.15, 0.2) is 0 Å². The molecule has 2 amide bonds. The van der Waals surface area contributed by atoms with Crippen molar-refractivity contribution in [3.05, 3.63) is 97.1 Å². The minimum atomic E-state index is -0.839. The number of hydrogen-bond donors (Lipinski definition) is 1. The maximum atomic E-state index is 14.7. The first-order valence-electron chi connectivity index (χ1n) is 14.2. The fourth-order valence-electron chi connectivity index (χ4n) is 7.13. The molecule has 0 aliphatic carbocycles. The molecule has 2 bridgehead atoms. The van der Waals surface area contributed by atoms with E-state index in [9.17, 15) is 19.5 Å². The number of thioether (sulfide) groups is 1. The van der Waals surface area contributed by atoms with Crippen LogP contribution >= 0.6 is 11.8 Å². The molecule has 41 heavy (non-hydrogen) atoms. The second-order valence-electron chi connectivity index (χ2n) is 11.4. The number of aliphatic hydroxyl groups is 1. The van der Waals surface area contributed by atoms with Gasteiger partial charge in [-0.1, -0.05) is 79.4 Å². The van der Waals surface area contributed by atoms with Crippen molar-refractivity contribution in [3.63, 3.8) is 0 Å². The minimum absolute atomic E-state index is 0.0630. The Morgan fingerprint density at radius 2 is 1.76 bits per heavy atom. The SMILES string of the molecule is C=CCOC(=O)[C@H]1[C@H]2C(=O)N([C@@H](CO)Cc3ccccc3)C(C(=O)N(CC=C)Cc3ccccc3)C23CC[C@]1(C)S3. The van der Waals surface area contributed by atoms with Gasteiger partial charge < -0.3 is 19.6 Å². The largest absolute Gasteiger partial charge is 0.461 e. The van der Waals surface area contributed by atoms with Crippen LogP contribution in [0.25, 0.3) is 0 Å². The van der Waals surface area contributed by atoms with Gasteiger partial charge in [0, 0.05) is 17.8 Å². The summed E-state index contributed by atoms with van der Waals surface area (Å²) in [5.74, 6) is -2.28. The number of carbonyl (C=O) groups is 3. The third kappa shape index (κ3) is 5.12. The standard InChI is InChI=1S/C33H38N2O5S/c1-4-18-34(21-24-14-10-7-11-15-24)30(38)28-33-17-16-32(3,41-33)27(31(39)40-19-5-2)26(33)29(37)35(28)25(22-36)20-23-12-8-6-9-13-23/h4-15,25-28,36H,1-2,16-22H2,3H3/t25-,26+,27-,28?,32+,33?/m1/s1. The number of carbonyl (C=O) groups excluding carboxylic acids is 3. The quantitative estimate of drug-likeness (QED) is 0.305. The molecule has 3 fully saturated rings. The summed E-state index contributed by atoms with van der Waals surface area (Å²) in [4.78, 5) is 46.1. The molecule has 0 saturated carbocycles. The van der Waals surface area contributed by atoms with Gasteiger partial charge in [-0.15, -0.1) is 18.3 Å². The fraction of sp³-hybridized carbons (Fsp3) is 0.424. The van der Waals surface area contributed by atoms with Crippen LogP contribution in [0.1, 0.15) is 30.9 Å². The maximum absolute atomic E-state index is 14.7. The number of ether oxygens (including phenoxy) is 1. The number of likely N-dealkylation sites (tertiary alicyclic amines) is 1. The summed E-state index contributed by atoms with van der Waals surface area (Å²) in [6.07, 6.45) is 4.92. The molecule has 216 valence electrons. The molecule has 7 nitrogen and oxygen atoms in total. The van der Waals surface area contributed by atoms with E-state index < -0.39 is 39.4 Å². The lowest BCUT2D eigenvalue weighted by Gasteiger charge is -2.39. The number of fused-ring (bicyclic) bond motifs is 1. The third-order valence-electron chi connectivity index (χ3n) is 8.84. The molecule has 8 heteroatoms. The number of aliphatic hydroxyl groups excluding tert-OH is 1. The fourth-order valence-corrected chi connectivity index (χ4v) is 9.45. The Bertz CT molecular complexity index is 1300. The van der Waals surface area contributed by atoms with E-state index in [2.05, 4.69) is 13.2 Å². The molecule has 1 spiro atoms. The van der Waals surface area contributed by atoms with Crippen molar-refractivity contribution in [2.24, 2.45) is 11.8 Å². The van der Waals surface area contributed by atoms with Gasteiger partial charge in [0.25, 0.3) is 0 Å². The molecule has 2 aromatic carbocycles. The van der Waals surface area contributed by atoms with Gasteiger partial charge in [0.2, 0.25) is 11.8 Å². The van der Waals surface area contributed by atoms with Crippen molar-refractivity contribution in [2.75, 3.05) is 19.8 Å². The molecule has 5 rings (SSSR count). The summed E-state index contributed by atoms with van der Waals surface area (Å²) in [6.45, 7) is 9.99. The smallest absolute Gasteiger partial charge is 0.311 e. The van der Waals surface area contributed by atoms with Gasteiger partial charge in [-0.25, -0.2) is 0 Å². The van der Waals surface area contributed by atoms with E-state index in [0.717, 1.165) is 11.1 Å². The van der Waals surface area contributed by atoms with E-state index >= 15 is 0 Å². The second-order valence-corrected chi connectivity index (χ2v) is 13.3. The third-order valence-corrected chi connectivity index (χ3v) is 10.8. The number of nitrogens with zero attached hydrogens (tertiary/aromatic N) is 2. The van der Waals surface area contributed by atoms with E-state index in [-0.39, 0.29) is 25.0 Å². The van der Waals surface area contributed by atoms with Crippen LogP contribution < -0.4 is 0 Å². The Balaban J connectivity index is 1.58. The van der Waals surface area contributed by atoms with Crippen molar-refractivity contribution >= 4 is 29.5 Å². The lowest BCUT2D eigenvalue weighted by Crippen LogP contribution is -2.57. The Morgan fingerprint density at radius 1 is 1.10 bits per heavy atom. The highest BCUT2D eigenvalue weighted by Crippen LogP contribution is 2.71. The number of esters is 1. The van der Waals surface area contributed by atoms with E-state index in [0.29, 0.717) is 32.4 Å². The van der Waals surface area contributed by atoms with E-state index in [1.165, 1.54) is 6.08 Å². The first kappa shape index (κ1) is 29.1. The molecule has 2 aromatic rings. The average Bonchev–Trinajstić information content (AvgIpc) is 3.55. The highest BCUT2D eigenvalue weighted by atomic mass is 32.2. The zero-order chi connectivity index (χ0) is 29.2. The lowest BCUT2D eigenvalue weighted by molar-refractivity contribution is -0.155. The highest BCUT2D eigenvalue weighted by Gasteiger charge is 2.78. The van der Waals surface area contributed by atoms with Crippen LogP contribution in [-0.2, 0) is 32.1 Å². The van der Waals surface area contributed by atoms with Crippen molar-refractivity contribution in [2.45, 2.75) is 54.3 Å². The summed E-state index contributed by atoms with van der Waals surface area (Å²) in [7, 11) is 0. The van der Waals surface area contributed by atoms with Gasteiger partial charge >= 0.3 is 5.97 Å². The van der Waals surface area contributed by atoms with Crippen molar-refractivity contribution in [1.29, 1.82) is 0 Å². The van der Waals surface area contributed by atoms with Crippen molar-refractivity contribution in [1.82, 2.24) is 9.80 Å². The van der Waals surface area contributed by atoms with Crippen LogP contribution in [0, 0.1) is 11.8 Å². The second kappa shape index (κ2) is 11.9. The topological polar surface area (TPSA) is 87.1 Å². The molecule has 3 aliphatic rings. The molecule has 0 aromatic heterocycles. The molecule has 3 saturated heterocycles. The van der Waals surface area contributed by atoms with Crippen LogP contribution in [0.5, 0.6) is 0 Å². The molecule has 3 heterocycles. The number of benzene rings is 2. The van der Waals surface area contributed by atoms with E-state index in [1.807, 2.05) is 67.6 Å². The monoisotopic (exact) mass is 574 g/mol. The first-order chi connectivity index (χ1) is 19.8. The molecular formula is C33H38N2O5S. The first-order valence-corrected chi connectivity index (χ1v) is 15.0.